The second-order valence-corrected chi connectivity index (χ2v) is 8.73. The third-order valence-corrected chi connectivity index (χ3v) is 6.61. The minimum absolute atomic E-state index is 0.0453. The number of carbonyl (C=O) groups is 2. The van der Waals surface area contributed by atoms with Crippen molar-refractivity contribution in [2.45, 2.75) is 6.04 Å². The number of carbonyl (C=O) groups excluding carboxylic acids is 2. The number of aromatic nitrogens is 1. The van der Waals surface area contributed by atoms with Crippen molar-refractivity contribution in [3.8, 4) is 11.5 Å². The molecule has 7 nitrogen and oxygen atoms in total. The summed E-state index contributed by atoms with van der Waals surface area (Å²) in [4.78, 5) is 31.6. The highest BCUT2D eigenvalue weighted by Crippen LogP contribution is 2.45. The number of aliphatic hydroxyl groups excluding tert-OH is 1. The van der Waals surface area contributed by atoms with Crippen LogP contribution in [-0.2, 0) is 9.59 Å². The van der Waals surface area contributed by atoms with Gasteiger partial charge in [0.2, 0.25) is 0 Å². The molecule has 0 spiro atoms. The Hall–Kier alpha value is -4.31. The summed E-state index contributed by atoms with van der Waals surface area (Å²) >= 11 is 0.834. The minimum Gasteiger partial charge on any atom is -0.508 e. The second-order valence-electron chi connectivity index (χ2n) is 7.72. The molecule has 0 aliphatic carbocycles. The first-order valence-corrected chi connectivity index (χ1v) is 11.1. The van der Waals surface area contributed by atoms with Crippen LogP contribution in [0.5, 0.6) is 11.5 Å². The van der Waals surface area contributed by atoms with Crippen molar-refractivity contribution >= 4 is 44.1 Å². The van der Waals surface area contributed by atoms with Gasteiger partial charge in [0.1, 0.15) is 28.6 Å². The predicted octanol–water partition coefficient (Wildman–Crippen LogP) is 4.92. The van der Waals surface area contributed by atoms with Gasteiger partial charge >= 0.3 is 5.91 Å². The summed E-state index contributed by atoms with van der Waals surface area (Å²) < 4.78 is 33.4. The van der Waals surface area contributed by atoms with Gasteiger partial charge in [-0.3, -0.25) is 14.5 Å². The summed E-state index contributed by atoms with van der Waals surface area (Å²) in [7, 11) is 1.45. The van der Waals surface area contributed by atoms with Gasteiger partial charge in [-0.05, 0) is 35.9 Å². The number of methoxy groups -OCH3 is 1. The van der Waals surface area contributed by atoms with E-state index in [2.05, 4.69) is 4.98 Å². The third kappa shape index (κ3) is 3.77. The van der Waals surface area contributed by atoms with E-state index in [4.69, 9.17) is 4.74 Å². The summed E-state index contributed by atoms with van der Waals surface area (Å²) in [6.45, 7) is 0. The van der Waals surface area contributed by atoms with Crippen molar-refractivity contribution in [3.63, 3.8) is 0 Å². The smallest absolute Gasteiger partial charge is 0.301 e. The number of ketones is 1. The Bertz CT molecular complexity index is 1530. The number of rotatable bonds is 4. The summed E-state index contributed by atoms with van der Waals surface area (Å²) in [6.07, 6.45) is 0. The van der Waals surface area contributed by atoms with E-state index in [1.165, 1.54) is 37.4 Å². The number of phenols is 1. The first-order chi connectivity index (χ1) is 16.8. The van der Waals surface area contributed by atoms with Gasteiger partial charge in [0.15, 0.2) is 10.9 Å². The molecule has 1 aliphatic rings. The molecular weight excluding hydrogens is 478 g/mol. The van der Waals surface area contributed by atoms with E-state index < -0.39 is 35.1 Å². The molecule has 3 aromatic carbocycles. The highest BCUT2D eigenvalue weighted by molar-refractivity contribution is 7.22. The highest BCUT2D eigenvalue weighted by Gasteiger charge is 2.48. The topological polar surface area (TPSA) is 100.0 Å². The molecule has 0 bridgehead atoms. The van der Waals surface area contributed by atoms with E-state index in [1.54, 1.807) is 18.2 Å². The number of nitrogens with zero attached hydrogens (tertiary/aromatic N) is 2. The largest absolute Gasteiger partial charge is 0.508 e. The molecule has 5 rings (SSSR count). The Balaban J connectivity index is 1.74. The van der Waals surface area contributed by atoms with Gasteiger partial charge in [0.25, 0.3) is 5.78 Å². The molecule has 1 fully saturated rings. The van der Waals surface area contributed by atoms with Gasteiger partial charge in [-0.2, -0.15) is 0 Å². The number of phenolic OH excluding ortho intramolecular Hbond substituents is 1. The monoisotopic (exact) mass is 494 g/mol. The number of hydrogen-bond acceptors (Lipinski definition) is 7. The van der Waals surface area contributed by atoms with Gasteiger partial charge in [-0.1, -0.05) is 35.6 Å². The molecule has 2 heterocycles. The van der Waals surface area contributed by atoms with Gasteiger partial charge < -0.3 is 14.9 Å². The van der Waals surface area contributed by atoms with Crippen LogP contribution in [0.1, 0.15) is 17.2 Å². The lowest BCUT2D eigenvalue weighted by molar-refractivity contribution is -0.132. The predicted molar refractivity (Wildman–Crippen MR) is 125 cm³/mol. The lowest BCUT2D eigenvalue weighted by Crippen LogP contribution is -2.29. The number of thiazole rings is 1. The van der Waals surface area contributed by atoms with Gasteiger partial charge in [0.05, 0.1) is 23.4 Å². The molecule has 1 atom stereocenters. The summed E-state index contributed by atoms with van der Waals surface area (Å²) in [6, 6.07) is 12.7. The van der Waals surface area contributed by atoms with E-state index in [0.29, 0.717) is 17.4 Å². The number of aromatic hydroxyl groups is 1. The number of ether oxygens (including phenoxy) is 1. The maximum absolute atomic E-state index is 14.3. The van der Waals surface area contributed by atoms with Crippen LogP contribution in [0.15, 0.2) is 66.2 Å². The minimum atomic E-state index is -1.14. The molecule has 1 amide bonds. The standard InChI is InChI=1S/C25H16F2N2O5S/c1-34-16-4-2-3-13(9-16)22(31)19-21(12-5-7-15(30)8-6-12)29(24(33)23(19)32)25-28-20-17(27)10-14(26)11-18(20)35-25/h2-11,21,30-31H,1H3/b22-19+. The molecule has 35 heavy (non-hydrogen) atoms. The molecule has 2 N–H and O–H groups in total. The van der Waals surface area contributed by atoms with Crippen LogP contribution in [0, 0.1) is 11.6 Å². The van der Waals surface area contributed by atoms with Crippen molar-refractivity contribution in [3.05, 3.63) is 89.0 Å². The summed E-state index contributed by atoms with van der Waals surface area (Å²) in [5, 5.41) is 20.8. The maximum atomic E-state index is 14.3. The summed E-state index contributed by atoms with van der Waals surface area (Å²) in [5.74, 6) is -3.75. The fraction of sp³-hybridized carbons (Fsp3) is 0.0800. The van der Waals surface area contributed by atoms with Crippen molar-refractivity contribution in [2.24, 2.45) is 0 Å². The Labute approximate surface area is 201 Å². The van der Waals surface area contributed by atoms with Crippen molar-refractivity contribution in [2.75, 3.05) is 12.0 Å². The molecule has 1 unspecified atom stereocenters. The maximum Gasteiger partial charge on any atom is 0.301 e. The molecule has 10 heteroatoms. The fourth-order valence-electron chi connectivity index (χ4n) is 3.98. The van der Waals surface area contributed by atoms with Crippen molar-refractivity contribution < 1.29 is 33.3 Å². The second kappa shape index (κ2) is 8.48. The number of aliphatic hydroxyl groups is 1. The van der Waals surface area contributed by atoms with E-state index >= 15 is 0 Å². The van der Waals surface area contributed by atoms with Crippen LogP contribution in [0.2, 0.25) is 0 Å². The van der Waals surface area contributed by atoms with Crippen molar-refractivity contribution in [1.82, 2.24) is 4.98 Å². The lowest BCUT2D eigenvalue weighted by Gasteiger charge is -2.23. The normalized spacial score (nSPS) is 17.3. The van der Waals surface area contributed by atoms with E-state index in [9.17, 15) is 28.6 Å². The van der Waals surface area contributed by atoms with Crippen LogP contribution < -0.4 is 9.64 Å². The first kappa shape index (κ1) is 22.5. The zero-order valence-electron chi connectivity index (χ0n) is 18.0. The van der Waals surface area contributed by atoms with E-state index in [-0.39, 0.29) is 32.2 Å². The van der Waals surface area contributed by atoms with Crippen LogP contribution in [0.25, 0.3) is 16.0 Å². The number of hydrogen-bond donors (Lipinski definition) is 2. The molecule has 0 radical (unpaired) electrons. The highest BCUT2D eigenvalue weighted by atomic mass is 32.1. The quantitative estimate of drug-likeness (QED) is 0.238. The molecule has 176 valence electrons. The Morgan fingerprint density at radius 2 is 1.83 bits per heavy atom. The van der Waals surface area contributed by atoms with Crippen LogP contribution in [-0.4, -0.2) is 34.0 Å². The third-order valence-electron chi connectivity index (χ3n) is 5.60. The zero-order chi connectivity index (χ0) is 24.9. The average molecular weight is 494 g/mol. The Morgan fingerprint density at radius 3 is 2.54 bits per heavy atom. The number of fused-ring (bicyclic) bond motifs is 1. The number of amides is 1. The van der Waals surface area contributed by atoms with Crippen molar-refractivity contribution in [1.29, 1.82) is 0 Å². The molecule has 4 aromatic rings. The number of benzene rings is 3. The van der Waals surface area contributed by atoms with E-state index in [0.717, 1.165) is 22.3 Å². The molecule has 0 saturated carbocycles. The Kier molecular flexibility index (Phi) is 5.45. The van der Waals surface area contributed by atoms with Crippen LogP contribution in [0.3, 0.4) is 0 Å². The first-order valence-electron chi connectivity index (χ1n) is 10.3. The number of Topliss-reactive ketones (excluding diaryl/α,β-unsaturated/α-hetero) is 1. The SMILES string of the molecule is COc1cccc(/C(O)=C2\C(=O)C(=O)N(c3nc4c(F)cc(F)cc4s3)C2c2ccc(O)cc2)c1. The number of anilines is 1. The average Bonchev–Trinajstić information content (AvgIpc) is 3.38. The van der Waals surface area contributed by atoms with Gasteiger partial charge in [-0.25, -0.2) is 13.8 Å². The molecule has 1 aromatic heterocycles. The van der Waals surface area contributed by atoms with E-state index in [1.807, 2.05) is 0 Å². The fourth-order valence-corrected chi connectivity index (χ4v) is 5.01. The van der Waals surface area contributed by atoms with Crippen LogP contribution >= 0.6 is 11.3 Å². The zero-order valence-corrected chi connectivity index (χ0v) is 18.8. The molecular formula is C25H16F2N2O5S. The van der Waals surface area contributed by atoms with Crippen LogP contribution in [0.4, 0.5) is 13.9 Å². The van der Waals surface area contributed by atoms with Gasteiger partial charge in [-0.15, -0.1) is 0 Å². The number of halogens is 2. The molecule has 1 saturated heterocycles. The summed E-state index contributed by atoms with van der Waals surface area (Å²) in [5.41, 5.74) is 0.256. The van der Waals surface area contributed by atoms with Gasteiger partial charge in [0, 0.05) is 11.6 Å². The Morgan fingerprint density at radius 1 is 1.09 bits per heavy atom. The lowest BCUT2D eigenvalue weighted by atomic mass is 9.95. The molecule has 1 aliphatic heterocycles.